The van der Waals surface area contributed by atoms with Crippen LogP contribution in [0.2, 0.25) is 0 Å². The maximum atomic E-state index is 12.9. The summed E-state index contributed by atoms with van der Waals surface area (Å²) in [6.45, 7) is 0.513. The van der Waals surface area contributed by atoms with Crippen LogP contribution in [0.25, 0.3) is 0 Å². The van der Waals surface area contributed by atoms with Crippen LogP contribution in [0.1, 0.15) is 5.56 Å². The molecule has 4 N–H and O–H groups in total. The number of halogens is 1. The molecule has 0 saturated heterocycles. The Hall–Kier alpha value is -2.14. The molecular formula is C12H13FN4. The van der Waals surface area contributed by atoms with Crippen LogP contribution >= 0.6 is 0 Å². The number of aromatic nitrogens is 1. The molecule has 0 radical (unpaired) electrons. The van der Waals surface area contributed by atoms with Crippen molar-refractivity contribution in [3.63, 3.8) is 0 Å². The van der Waals surface area contributed by atoms with Crippen LogP contribution in [0, 0.1) is 5.82 Å². The molecule has 0 atom stereocenters. The summed E-state index contributed by atoms with van der Waals surface area (Å²) in [6.07, 6.45) is 0. The van der Waals surface area contributed by atoms with E-state index in [1.165, 1.54) is 12.1 Å². The lowest BCUT2D eigenvalue weighted by molar-refractivity contribution is 0.626. The highest BCUT2D eigenvalue weighted by Gasteiger charge is 1.98. The molecule has 5 heteroatoms. The zero-order chi connectivity index (χ0) is 12.1. The van der Waals surface area contributed by atoms with E-state index in [0.717, 1.165) is 5.56 Å². The monoisotopic (exact) mass is 232 g/mol. The lowest BCUT2D eigenvalue weighted by Gasteiger charge is -2.07. The molecule has 88 valence electrons. The zero-order valence-electron chi connectivity index (χ0n) is 9.15. The van der Waals surface area contributed by atoms with E-state index >= 15 is 0 Å². The number of benzene rings is 1. The number of anilines is 2. The number of hydrazine groups is 1. The van der Waals surface area contributed by atoms with E-state index in [1.807, 2.05) is 18.2 Å². The molecule has 0 bridgehead atoms. The maximum absolute atomic E-state index is 12.9. The van der Waals surface area contributed by atoms with Crippen LogP contribution in [0.3, 0.4) is 0 Å². The fourth-order valence-corrected chi connectivity index (χ4v) is 1.45. The third-order valence-electron chi connectivity index (χ3n) is 2.26. The van der Waals surface area contributed by atoms with E-state index in [4.69, 9.17) is 5.84 Å². The zero-order valence-corrected chi connectivity index (χ0v) is 9.15. The molecule has 0 amide bonds. The van der Waals surface area contributed by atoms with E-state index in [2.05, 4.69) is 15.7 Å². The quantitative estimate of drug-likeness (QED) is 0.558. The minimum Gasteiger partial charge on any atom is -0.366 e. The first-order valence-electron chi connectivity index (χ1n) is 5.20. The highest BCUT2D eigenvalue weighted by Crippen LogP contribution is 2.10. The summed E-state index contributed by atoms with van der Waals surface area (Å²) in [5.74, 6) is 6.28. The number of hydrogen-bond acceptors (Lipinski definition) is 4. The molecule has 17 heavy (non-hydrogen) atoms. The van der Waals surface area contributed by atoms with Gasteiger partial charge in [0.05, 0.1) is 0 Å². The van der Waals surface area contributed by atoms with Crippen molar-refractivity contribution in [2.24, 2.45) is 5.84 Å². The van der Waals surface area contributed by atoms with Crippen molar-refractivity contribution in [1.29, 1.82) is 0 Å². The Morgan fingerprint density at radius 2 is 1.88 bits per heavy atom. The first kappa shape index (κ1) is 11.3. The van der Waals surface area contributed by atoms with Gasteiger partial charge < -0.3 is 10.7 Å². The average Bonchev–Trinajstić information content (AvgIpc) is 2.37. The molecule has 0 unspecified atom stereocenters. The fraction of sp³-hybridized carbons (Fsp3) is 0.0833. The van der Waals surface area contributed by atoms with Crippen LogP contribution in [-0.4, -0.2) is 4.98 Å². The number of hydrogen-bond donors (Lipinski definition) is 3. The molecule has 1 aromatic carbocycles. The fourth-order valence-electron chi connectivity index (χ4n) is 1.45. The summed E-state index contributed by atoms with van der Waals surface area (Å²) in [5.41, 5.74) is 3.32. The van der Waals surface area contributed by atoms with Crippen molar-refractivity contribution in [2.75, 3.05) is 10.7 Å². The standard InChI is InChI=1S/C12H13FN4/c13-10-4-1-3-9(7-10)8-15-11-5-2-6-12(16-11)17-14/h1-7H,8,14H2,(H2,15,16,17). The van der Waals surface area contributed by atoms with Gasteiger partial charge in [-0.15, -0.1) is 0 Å². The van der Waals surface area contributed by atoms with E-state index in [9.17, 15) is 4.39 Å². The van der Waals surface area contributed by atoms with Crippen molar-refractivity contribution in [3.05, 3.63) is 53.8 Å². The molecule has 0 spiro atoms. The Kier molecular flexibility index (Phi) is 3.52. The largest absolute Gasteiger partial charge is 0.366 e. The second kappa shape index (κ2) is 5.27. The van der Waals surface area contributed by atoms with Crippen LogP contribution < -0.4 is 16.6 Å². The molecule has 4 nitrogen and oxygen atoms in total. The molecule has 0 aliphatic carbocycles. The van der Waals surface area contributed by atoms with Gasteiger partial charge in [-0.2, -0.15) is 0 Å². The number of nitrogens with one attached hydrogen (secondary N) is 2. The Morgan fingerprint density at radius 1 is 1.12 bits per heavy atom. The Bertz CT molecular complexity index is 501. The molecule has 2 aromatic rings. The van der Waals surface area contributed by atoms with Gasteiger partial charge in [-0.25, -0.2) is 15.2 Å². The van der Waals surface area contributed by atoms with E-state index in [1.54, 1.807) is 12.1 Å². The minimum atomic E-state index is -0.241. The number of nitrogens with two attached hydrogens (primary N) is 1. The van der Waals surface area contributed by atoms with E-state index in [-0.39, 0.29) is 5.82 Å². The van der Waals surface area contributed by atoms with E-state index in [0.29, 0.717) is 18.2 Å². The summed E-state index contributed by atoms with van der Waals surface area (Å²) in [5, 5.41) is 3.09. The third kappa shape index (κ3) is 3.15. The van der Waals surface area contributed by atoms with Gasteiger partial charge in [0.2, 0.25) is 0 Å². The Labute approximate surface area is 98.6 Å². The second-order valence-corrected chi connectivity index (χ2v) is 3.54. The third-order valence-corrected chi connectivity index (χ3v) is 2.26. The predicted molar refractivity (Wildman–Crippen MR) is 65.8 cm³/mol. The minimum absolute atomic E-state index is 0.241. The van der Waals surface area contributed by atoms with Gasteiger partial charge in [0, 0.05) is 6.54 Å². The maximum Gasteiger partial charge on any atom is 0.142 e. The Morgan fingerprint density at radius 3 is 2.65 bits per heavy atom. The second-order valence-electron chi connectivity index (χ2n) is 3.54. The molecule has 0 aliphatic rings. The molecule has 0 fully saturated rings. The normalized spacial score (nSPS) is 10.0. The van der Waals surface area contributed by atoms with Crippen molar-refractivity contribution < 1.29 is 4.39 Å². The lowest BCUT2D eigenvalue weighted by Crippen LogP contribution is -2.09. The topological polar surface area (TPSA) is 63.0 Å². The first-order valence-corrected chi connectivity index (χ1v) is 5.20. The van der Waals surface area contributed by atoms with Crippen molar-refractivity contribution >= 4 is 11.6 Å². The summed E-state index contributed by atoms with van der Waals surface area (Å²) >= 11 is 0. The van der Waals surface area contributed by atoms with Gasteiger partial charge in [0.1, 0.15) is 17.5 Å². The molecule has 0 aliphatic heterocycles. The van der Waals surface area contributed by atoms with Gasteiger partial charge in [-0.05, 0) is 29.8 Å². The van der Waals surface area contributed by atoms with Crippen molar-refractivity contribution in [3.8, 4) is 0 Å². The highest BCUT2D eigenvalue weighted by atomic mass is 19.1. The van der Waals surface area contributed by atoms with Crippen LogP contribution in [0.5, 0.6) is 0 Å². The van der Waals surface area contributed by atoms with Gasteiger partial charge >= 0.3 is 0 Å². The summed E-state index contributed by atoms with van der Waals surface area (Å²) in [7, 11) is 0. The first-order chi connectivity index (χ1) is 8.28. The molecule has 2 rings (SSSR count). The molecule has 1 aromatic heterocycles. The Balaban J connectivity index is 2.02. The number of nitrogen functional groups attached to an aromatic ring is 1. The van der Waals surface area contributed by atoms with Gasteiger partial charge in [0.25, 0.3) is 0 Å². The molecule has 0 saturated carbocycles. The van der Waals surface area contributed by atoms with Crippen LogP contribution in [0.4, 0.5) is 16.0 Å². The smallest absolute Gasteiger partial charge is 0.142 e. The van der Waals surface area contributed by atoms with Gasteiger partial charge in [-0.3, -0.25) is 0 Å². The van der Waals surface area contributed by atoms with E-state index < -0.39 is 0 Å². The van der Waals surface area contributed by atoms with Gasteiger partial charge in [-0.1, -0.05) is 18.2 Å². The number of rotatable bonds is 4. The number of pyridine rings is 1. The summed E-state index contributed by atoms with van der Waals surface area (Å²) < 4.78 is 12.9. The molecular weight excluding hydrogens is 219 g/mol. The number of nitrogens with zero attached hydrogens (tertiary/aromatic N) is 1. The average molecular weight is 232 g/mol. The summed E-state index contributed by atoms with van der Waals surface area (Å²) in [4.78, 5) is 4.19. The predicted octanol–water partition coefficient (Wildman–Crippen LogP) is 2.12. The highest BCUT2D eigenvalue weighted by molar-refractivity contribution is 5.44. The van der Waals surface area contributed by atoms with Crippen LogP contribution in [0.15, 0.2) is 42.5 Å². The van der Waals surface area contributed by atoms with Crippen molar-refractivity contribution in [1.82, 2.24) is 4.98 Å². The van der Waals surface area contributed by atoms with Crippen LogP contribution in [-0.2, 0) is 6.54 Å². The molecule has 1 heterocycles. The SMILES string of the molecule is NNc1cccc(NCc2cccc(F)c2)n1. The summed E-state index contributed by atoms with van der Waals surface area (Å²) in [6, 6.07) is 11.8. The lowest BCUT2D eigenvalue weighted by atomic mass is 10.2. The van der Waals surface area contributed by atoms with Gasteiger partial charge in [0.15, 0.2) is 0 Å². The van der Waals surface area contributed by atoms with Crippen molar-refractivity contribution in [2.45, 2.75) is 6.54 Å².